The van der Waals surface area contributed by atoms with E-state index >= 15 is 0 Å². The smallest absolute Gasteiger partial charge is 0.336 e. The molecule has 2 N–H and O–H groups in total. The zero-order chi connectivity index (χ0) is 25.9. The molecule has 188 valence electrons. The van der Waals surface area contributed by atoms with Crippen molar-refractivity contribution in [3.63, 3.8) is 0 Å². The van der Waals surface area contributed by atoms with E-state index in [4.69, 9.17) is 5.26 Å². The third-order valence-corrected chi connectivity index (χ3v) is 7.77. The number of pyridine rings is 1. The van der Waals surface area contributed by atoms with E-state index in [0.29, 0.717) is 36.2 Å². The summed E-state index contributed by atoms with van der Waals surface area (Å²) < 4.78 is 28.4. The molecule has 0 aliphatic carbocycles. The molecule has 1 saturated heterocycles. The molecule has 3 aromatic rings. The van der Waals surface area contributed by atoms with Crippen molar-refractivity contribution in [3.8, 4) is 6.07 Å². The first kappa shape index (κ1) is 25.4. The van der Waals surface area contributed by atoms with E-state index in [1.165, 1.54) is 6.07 Å². The summed E-state index contributed by atoms with van der Waals surface area (Å²) in [6.45, 7) is 7.68. The average Bonchev–Trinajstić information content (AvgIpc) is 2.87. The molecule has 1 aromatic heterocycles. The van der Waals surface area contributed by atoms with Gasteiger partial charge < -0.3 is 10.0 Å². The molecular weight excluding hydrogens is 478 g/mol. The quantitative estimate of drug-likeness (QED) is 0.470. The lowest BCUT2D eigenvalue weighted by atomic mass is 10.0. The fourth-order valence-corrected chi connectivity index (χ4v) is 5.32. The molecule has 2 aromatic carbocycles. The Kier molecular flexibility index (Phi) is 7.43. The number of nitrogens with one attached hydrogen (secondary N) is 1. The minimum atomic E-state index is -3.85. The number of nitrogens with zero attached hydrogens (tertiary/aromatic N) is 4. The molecule has 0 bridgehead atoms. The third-order valence-electron chi connectivity index (χ3n) is 6.37. The first-order chi connectivity index (χ1) is 17.2. The maximum Gasteiger partial charge on any atom is 0.336 e. The Hall–Kier alpha value is -3.68. The number of nitriles is 1. The van der Waals surface area contributed by atoms with Gasteiger partial charge >= 0.3 is 5.97 Å². The highest BCUT2D eigenvalue weighted by atomic mass is 32.2. The van der Waals surface area contributed by atoms with Crippen LogP contribution in [0.15, 0.2) is 53.4 Å². The van der Waals surface area contributed by atoms with Gasteiger partial charge in [0.15, 0.2) is 0 Å². The van der Waals surface area contributed by atoms with E-state index in [1.807, 2.05) is 18.7 Å². The molecule has 1 fully saturated rings. The topological polar surface area (TPSA) is 127 Å². The number of carbonyl (C=O) groups is 1. The molecule has 0 amide bonds. The fraction of sp³-hybridized carbons (Fsp3) is 0.346. The summed E-state index contributed by atoms with van der Waals surface area (Å²) in [4.78, 5) is 21.1. The molecule has 1 aliphatic rings. The molecule has 36 heavy (non-hydrogen) atoms. The highest BCUT2D eigenvalue weighted by Gasteiger charge is 2.21. The summed E-state index contributed by atoms with van der Waals surface area (Å²) in [5.74, 6) is -0.256. The maximum atomic E-state index is 12.9. The van der Waals surface area contributed by atoms with Gasteiger partial charge in [-0.15, -0.1) is 0 Å². The predicted molar refractivity (Wildman–Crippen MR) is 139 cm³/mol. The van der Waals surface area contributed by atoms with Crippen molar-refractivity contribution in [1.82, 2.24) is 9.88 Å². The second-order valence-electron chi connectivity index (χ2n) is 9.13. The number of aromatic nitrogens is 1. The van der Waals surface area contributed by atoms with E-state index in [-0.39, 0.29) is 22.1 Å². The number of benzene rings is 2. The highest BCUT2D eigenvalue weighted by molar-refractivity contribution is 7.92. The van der Waals surface area contributed by atoms with Crippen LogP contribution in [0.5, 0.6) is 0 Å². The van der Waals surface area contributed by atoms with Gasteiger partial charge in [0.1, 0.15) is 5.82 Å². The molecule has 0 unspecified atom stereocenters. The molecular formula is C26H29N5O4S. The Morgan fingerprint density at radius 3 is 2.42 bits per heavy atom. The van der Waals surface area contributed by atoms with Gasteiger partial charge in [-0.3, -0.25) is 9.62 Å². The van der Waals surface area contributed by atoms with E-state index < -0.39 is 16.0 Å². The molecule has 0 spiro atoms. The van der Waals surface area contributed by atoms with Crippen molar-refractivity contribution in [2.24, 2.45) is 0 Å². The molecule has 0 saturated carbocycles. The zero-order valence-electron chi connectivity index (χ0n) is 20.3. The summed E-state index contributed by atoms with van der Waals surface area (Å²) in [7, 11) is -3.85. The molecule has 10 heteroatoms. The van der Waals surface area contributed by atoms with Gasteiger partial charge in [0.2, 0.25) is 0 Å². The highest BCUT2D eigenvalue weighted by Crippen LogP contribution is 2.28. The van der Waals surface area contributed by atoms with Gasteiger partial charge in [0.25, 0.3) is 10.0 Å². The fourth-order valence-electron chi connectivity index (χ4n) is 4.27. The number of piperazine rings is 1. The standard InChI is InChI=1S/C26H29N5O4S/c1-18(2)19-4-7-21(8-5-19)36(34,35)29-20-6-9-24-22(16-20)23(26(32)33)17-25(28-24)31-14-12-30(13-15-31)11-3-10-27/h4-9,16-18,29H,3,11-15H2,1-2H3,(H,32,33). The van der Waals surface area contributed by atoms with Crippen LogP contribution < -0.4 is 9.62 Å². The minimum Gasteiger partial charge on any atom is -0.478 e. The Morgan fingerprint density at radius 2 is 1.81 bits per heavy atom. The van der Waals surface area contributed by atoms with Crippen LogP contribution in [-0.4, -0.2) is 62.1 Å². The maximum absolute atomic E-state index is 12.9. The Bertz CT molecular complexity index is 1410. The summed E-state index contributed by atoms with van der Waals surface area (Å²) in [5.41, 5.74) is 1.83. The van der Waals surface area contributed by atoms with Gasteiger partial charge in [0.05, 0.1) is 22.0 Å². The minimum absolute atomic E-state index is 0.0595. The van der Waals surface area contributed by atoms with Crippen LogP contribution in [0.25, 0.3) is 10.9 Å². The predicted octanol–water partition coefficient (Wildman–Crippen LogP) is 3.89. The molecule has 1 aliphatic heterocycles. The normalized spacial score (nSPS) is 14.7. The number of carboxylic acid groups (broad SMARTS) is 1. The van der Waals surface area contributed by atoms with Crippen molar-refractivity contribution in [2.75, 3.05) is 42.3 Å². The lowest BCUT2D eigenvalue weighted by Crippen LogP contribution is -2.46. The van der Waals surface area contributed by atoms with Crippen LogP contribution in [0.2, 0.25) is 0 Å². The number of aromatic carboxylic acids is 1. The second kappa shape index (κ2) is 10.5. The summed E-state index contributed by atoms with van der Waals surface area (Å²) in [5, 5.41) is 19.0. The monoisotopic (exact) mass is 507 g/mol. The van der Waals surface area contributed by atoms with Crippen molar-refractivity contribution < 1.29 is 18.3 Å². The van der Waals surface area contributed by atoms with Gasteiger partial charge in [-0.25, -0.2) is 18.2 Å². The number of fused-ring (bicyclic) bond motifs is 1. The van der Waals surface area contributed by atoms with Crippen LogP contribution in [0, 0.1) is 11.3 Å². The van der Waals surface area contributed by atoms with Gasteiger partial charge in [0, 0.05) is 50.2 Å². The molecule has 0 radical (unpaired) electrons. The number of hydrogen-bond acceptors (Lipinski definition) is 7. The van der Waals surface area contributed by atoms with Crippen molar-refractivity contribution in [3.05, 3.63) is 59.7 Å². The van der Waals surface area contributed by atoms with E-state index in [1.54, 1.807) is 42.5 Å². The molecule has 9 nitrogen and oxygen atoms in total. The number of rotatable bonds is 8. The molecule has 2 heterocycles. The first-order valence-corrected chi connectivity index (χ1v) is 13.3. The average molecular weight is 508 g/mol. The van der Waals surface area contributed by atoms with Crippen LogP contribution in [0.3, 0.4) is 0 Å². The Balaban J connectivity index is 1.59. The molecule has 4 rings (SSSR count). The van der Waals surface area contributed by atoms with Crippen molar-refractivity contribution in [2.45, 2.75) is 31.1 Å². The number of hydrogen-bond donors (Lipinski definition) is 2. The number of sulfonamides is 1. The second-order valence-corrected chi connectivity index (χ2v) is 10.8. The zero-order valence-corrected chi connectivity index (χ0v) is 21.1. The Morgan fingerprint density at radius 1 is 1.11 bits per heavy atom. The summed E-state index contributed by atoms with van der Waals surface area (Å²) in [6.07, 6.45) is 0.479. The summed E-state index contributed by atoms with van der Waals surface area (Å²) in [6, 6.07) is 15.1. The lowest BCUT2D eigenvalue weighted by molar-refractivity contribution is 0.0699. The van der Waals surface area contributed by atoms with E-state index in [0.717, 1.165) is 25.2 Å². The summed E-state index contributed by atoms with van der Waals surface area (Å²) >= 11 is 0. The van der Waals surface area contributed by atoms with Gasteiger partial charge in [-0.1, -0.05) is 26.0 Å². The molecule has 0 atom stereocenters. The first-order valence-electron chi connectivity index (χ1n) is 11.8. The van der Waals surface area contributed by atoms with Crippen molar-refractivity contribution in [1.29, 1.82) is 5.26 Å². The van der Waals surface area contributed by atoms with Crippen LogP contribution >= 0.6 is 0 Å². The third kappa shape index (κ3) is 5.58. The number of carboxylic acids is 1. The lowest BCUT2D eigenvalue weighted by Gasteiger charge is -2.35. The van der Waals surface area contributed by atoms with Crippen LogP contribution in [-0.2, 0) is 10.0 Å². The Labute approximate surface area is 211 Å². The van der Waals surface area contributed by atoms with Crippen LogP contribution in [0.1, 0.15) is 42.1 Å². The van der Waals surface area contributed by atoms with Gasteiger partial charge in [-0.05, 0) is 47.9 Å². The van der Waals surface area contributed by atoms with E-state index in [2.05, 4.69) is 20.7 Å². The largest absolute Gasteiger partial charge is 0.478 e. The number of anilines is 2. The SMILES string of the molecule is CC(C)c1ccc(S(=O)(=O)Nc2ccc3nc(N4CCN(CCC#N)CC4)cc(C(=O)O)c3c2)cc1. The van der Waals surface area contributed by atoms with Gasteiger partial charge in [-0.2, -0.15) is 5.26 Å². The van der Waals surface area contributed by atoms with Crippen molar-refractivity contribution >= 4 is 38.4 Å². The van der Waals surface area contributed by atoms with E-state index in [9.17, 15) is 18.3 Å². The van der Waals surface area contributed by atoms with Crippen LogP contribution in [0.4, 0.5) is 11.5 Å².